The lowest BCUT2D eigenvalue weighted by Gasteiger charge is -2.31. The minimum atomic E-state index is -1.49. The fourth-order valence-electron chi connectivity index (χ4n) is 3.16. The number of amides is 1. The van der Waals surface area contributed by atoms with Crippen molar-refractivity contribution in [3.63, 3.8) is 0 Å². The van der Waals surface area contributed by atoms with Gasteiger partial charge >= 0.3 is 0 Å². The molecule has 3 rings (SSSR count). The first kappa shape index (κ1) is 19.4. The Morgan fingerprint density at radius 3 is 2.48 bits per heavy atom. The Balaban J connectivity index is 1.87. The second-order valence-electron chi connectivity index (χ2n) is 6.41. The van der Waals surface area contributed by atoms with Crippen molar-refractivity contribution < 1.29 is 19.4 Å². The van der Waals surface area contributed by atoms with Gasteiger partial charge in [0.25, 0.3) is 0 Å². The van der Waals surface area contributed by atoms with E-state index in [4.69, 9.17) is 9.47 Å². The predicted octanol–water partition coefficient (Wildman–Crippen LogP) is 3.46. The van der Waals surface area contributed by atoms with E-state index in [-0.39, 0.29) is 18.7 Å². The molecule has 0 radical (unpaired) electrons. The molecule has 27 heavy (non-hydrogen) atoms. The van der Waals surface area contributed by atoms with Crippen molar-refractivity contribution in [2.45, 2.75) is 25.5 Å². The van der Waals surface area contributed by atoms with Crippen LogP contribution in [0.1, 0.15) is 24.5 Å². The zero-order valence-electron chi connectivity index (χ0n) is 15.4. The molecule has 0 saturated carbocycles. The molecule has 142 valence electrons. The maximum Gasteiger partial charge on any atom is 0.250 e. The van der Waals surface area contributed by atoms with Gasteiger partial charge in [-0.2, -0.15) is 10.1 Å². The standard InChI is InChI=1S/C20H21BrN2O4/c1-13-12-20(25,15-5-7-16(21)8-6-15)23(22-13)19(24)11-14-4-9-17(26-2)18(10-14)27-3/h4-10,25H,11-12H2,1-3H3/t20-/m0/s1. The summed E-state index contributed by atoms with van der Waals surface area (Å²) in [5.74, 6) is 0.840. The third kappa shape index (κ3) is 3.84. The molecular formula is C20H21BrN2O4. The van der Waals surface area contributed by atoms with Gasteiger partial charge < -0.3 is 14.6 Å². The molecule has 0 spiro atoms. The first-order valence-corrected chi connectivity index (χ1v) is 9.23. The van der Waals surface area contributed by atoms with E-state index >= 15 is 0 Å². The molecule has 0 bridgehead atoms. The van der Waals surface area contributed by atoms with Crippen molar-refractivity contribution in [2.24, 2.45) is 5.10 Å². The summed E-state index contributed by atoms with van der Waals surface area (Å²) in [6, 6.07) is 12.5. The van der Waals surface area contributed by atoms with Gasteiger partial charge in [0.1, 0.15) is 0 Å². The summed E-state index contributed by atoms with van der Waals surface area (Å²) >= 11 is 3.38. The van der Waals surface area contributed by atoms with E-state index < -0.39 is 5.72 Å². The van der Waals surface area contributed by atoms with Crippen LogP contribution >= 0.6 is 15.9 Å². The Morgan fingerprint density at radius 2 is 1.85 bits per heavy atom. The van der Waals surface area contributed by atoms with E-state index in [1.807, 2.05) is 12.1 Å². The summed E-state index contributed by atoms with van der Waals surface area (Å²) in [7, 11) is 3.10. The van der Waals surface area contributed by atoms with Crippen molar-refractivity contribution in [2.75, 3.05) is 14.2 Å². The first-order chi connectivity index (χ1) is 12.9. The van der Waals surface area contributed by atoms with E-state index in [1.165, 1.54) is 5.01 Å². The lowest BCUT2D eigenvalue weighted by Crippen LogP contribution is -2.44. The number of hydrogen-bond acceptors (Lipinski definition) is 5. The highest BCUT2D eigenvalue weighted by Gasteiger charge is 2.44. The van der Waals surface area contributed by atoms with Gasteiger partial charge in [-0.1, -0.05) is 34.1 Å². The van der Waals surface area contributed by atoms with Crippen LogP contribution in [0.25, 0.3) is 0 Å². The van der Waals surface area contributed by atoms with Gasteiger partial charge in [-0.25, -0.2) is 0 Å². The molecule has 1 amide bonds. The van der Waals surface area contributed by atoms with E-state index in [1.54, 1.807) is 51.5 Å². The van der Waals surface area contributed by atoms with Crippen LogP contribution in [0.2, 0.25) is 0 Å². The minimum Gasteiger partial charge on any atom is -0.493 e. The number of carbonyl (C=O) groups is 1. The van der Waals surface area contributed by atoms with Crippen LogP contribution in [0.4, 0.5) is 0 Å². The number of ether oxygens (including phenoxy) is 2. The zero-order valence-corrected chi connectivity index (χ0v) is 17.0. The zero-order chi connectivity index (χ0) is 19.6. The van der Waals surface area contributed by atoms with Crippen molar-refractivity contribution >= 4 is 27.5 Å². The Kier molecular flexibility index (Phi) is 5.53. The molecule has 1 aliphatic rings. The number of hydrazone groups is 1. The molecule has 0 saturated heterocycles. The lowest BCUT2D eigenvalue weighted by molar-refractivity contribution is -0.157. The van der Waals surface area contributed by atoms with Crippen LogP contribution in [0, 0.1) is 0 Å². The highest BCUT2D eigenvalue weighted by atomic mass is 79.9. The Hall–Kier alpha value is -2.38. The number of nitrogens with zero attached hydrogens (tertiary/aromatic N) is 2. The van der Waals surface area contributed by atoms with Gasteiger partial charge in [-0.3, -0.25) is 4.79 Å². The lowest BCUT2D eigenvalue weighted by atomic mass is 9.97. The molecule has 0 aromatic heterocycles. The molecule has 0 fully saturated rings. The van der Waals surface area contributed by atoms with Crippen LogP contribution in [-0.4, -0.2) is 36.0 Å². The van der Waals surface area contributed by atoms with E-state index in [0.717, 1.165) is 10.0 Å². The third-order valence-corrected chi connectivity index (χ3v) is 5.00. The average molecular weight is 433 g/mol. The van der Waals surface area contributed by atoms with Crippen molar-refractivity contribution in [3.8, 4) is 11.5 Å². The number of aliphatic hydroxyl groups is 1. The monoisotopic (exact) mass is 432 g/mol. The summed E-state index contributed by atoms with van der Waals surface area (Å²) in [4.78, 5) is 12.9. The Morgan fingerprint density at radius 1 is 1.19 bits per heavy atom. The van der Waals surface area contributed by atoms with Crippen LogP contribution in [-0.2, 0) is 16.9 Å². The number of carbonyl (C=O) groups excluding carboxylic acids is 1. The highest BCUT2D eigenvalue weighted by molar-refractivity contribution is 9.10. The summed E-state index contributed by atoms with van der Waals surface area (Å²) in [6.07, 6.45) is 0.349. The second kappa shape index (κ2) is 7.70. The fraction of sp³-hybridized carbons (Fsp3) is 0.300. The maximum atomic E-state index is 12.9. The van der Waals surface area contributed by atoms with Gasteiger partial charge in [0.05, 0.1) is 20.6 Å². The summed E-state index contributed by atoms with van der Waals surface area (Å²) in [6.45, 7) is 1.80. The molecule has 6 nitrogen and oxygen atoms in total. The van der Waals surface area contributed by atoms with Gasteiger partial charge in [0.15, 0.2) is 17.2 Å². The molecule has 1 aliphatic heterocycles. The maximum absolute atomic E-state index is 12.9. The molecule has 1 heterocycles. The average Bonchev–Trinajstić information content (AvgIpc) is 2.97. The molecule has 1 N–H and O–H groups in total. The number of methoxy groups -OCH3 is 2. The summed E-state index contributed by atoms with van der Waals surface area (Å²) in [5, 5.41) is 16.7. The van der Waals surface area contributed by atoms with Crippen LogP contribution < -0.4 is 9.47 Å². The van der Waals surface area contributed by atoms with Crippen LogP contribution in [0.5, 0.6) is 11.5 Å². The number of benzene rings is 2. The van der Waals surface area contributed by atoms with Gasteiger partial charge in [-0.05, 0) is 36.8 Å². The van der Waals surface area contributed by atoms with Crippen molar-refractivity contribution in [1.82, 2.24) is 5.01 Å². The number of rotatable bonds is 5. The molecular weight excluding hydrogens is 412 g/mol. The third-order valence-electron chi connectivity index (χ3n) is 4.47. The topological polar surface area (TPSA) is 71.4 Å². The van der Waals surface area contributed by atoms with Crippen molar-refractivity contribution in [3.05, 3.63) is 58.1 Å². The van der Waals surface area contributed by atoms with E-state index in [9.17, 15) is 9.90 Å². The molecule has 0 unspecified atom stereocenters. The summed E-state index contributed by atoms with van der Waals surface area (Å²) in [5.41, 5.74) is 0.571. The molecule has 0 aliphatic carbocycles. The highest BCUT2D eigenvalue weighted by Crippen LogP contribution is 2.36. The van der Waals surface area contributed by atoms with Gasteiger partial charge in [-0.15, -0.1) is 0 Å². The summed E-state index contributed by atoms with van der Waals surface area (Å²) < 4.78 is 11.4. The van der Waals surface area contributed by atoms with Crippen molar-refractivity contribution in [1.29, 1.82) is 0 Å². The smallest absolute Gasteiger partial charge is 0.250 e. The number of halogens is 1. The van der Waals surface area contributed by atoms with Gasteiger partial charge in [0.2, 0.25) is 5.91 Å². The van der Waals surface area contributed by atoms with Crippen LogP contribution in [0.15, 0.2) is 52.0 Å². The predicted molar refractivity (Wildman–Crippen MR) is 106 cm³/mol. The quantitative estimate of drug-likeness (QED) is 0.784. The molecule has 1 atom stereocenters. The molecule has 2 aromatic carbocycles. The largest absolute Gasteiger partial charge is 0.493 e. The molecule has 7 heteroatoms. The minimum absolute atomic E-state index is 0.0793. The molecule has 2 aromatic rings. The Bertz CT molecular complexity index is 882. The Labute approximate surface area is 166 Å². The first-order valence-electron chi connectivity index (χ1n) is 8.44. The van der Waals surface area contributed by atoms with Crippen LogP contribution in [0.3, 0.4) is 0 Å². The SMILES string of the molecule is COc1ccc(CC(=O)N2N=C(C)C[C@]2(O)c2ccc(Br)cc2)cc1OC. The number of hydrogen-bond donors (Lipinski definition) is 1. The van der Waals surface area contributed by atoms with E-state index in [2.05, 4.69) is 21.0 Å². The fourth-order valence-corrected chi connectivity index (χ4v) is 3.43. The second-order valence-corrected chi connectivity index (χ2v) is 7.32. The van der Waals surface area contributed by atoms with E-state index in [0.29, 0.717) is 22.8 Å². The normalized spacial score (nSPS) is 19.0. The van der Waals surface area contributed by atoms with Gasteiger partial charge in [0, 0.05) is 22.2 Å².